The highest BCUT2D eigenvalue weighted by molar-refractivity contribution is 6.10. The van der Waals surface area contributed by atoms with Crippen LogP contribution in [0.2, 0.25) is 0 Å². The van der Waals surface area contributed by atoms with Gasteiger partial charge in [-0.3, -0.25) is 0 Å². The molecule has 6 heteroatoms. The van der Waals surface area contributed by atoms with Gasteiger partial charge in [0.15, 0.2) is 0 Å². The van der Waals surface area contributed by atoms with Crippen LogP contribution in [0.1, 0.15) is 22.3 Å². The smallest absolute Gasteiger partial charge is 0.142 e. The monoisotopic (exact) mass is 734 g/mol. The number of para-hydroxylation sites is 6. The van der Waals surface area contributed by atoms with Gasteiger partial charge >= 0.3 is 0 Å². The molecule has 278 valence electrons. The van der Waals surface area contributed by atoms with Crippen LogP contribution < -0.4 is 9.80 Å². The highest BCUT2D eigenvalue weighted by Crippen LogP contribution is 2.39. The summed E-state index contributed by atoms with van der Waals surface area (Å²) < 4.78 is 4.39. The summed E-state index contributed by atoms with van der Waals surface area (Å²) in [5.41, 5.74) is 12.2. The maximum Gasteiger partial charge on any atom is 0.142 e. The maximum atomic E-state index is 11.9. The normalized spacial score (nSPS) is 11.6. The van der Waals surface area contributed by atoms with E-state index in [1.165, 1.54) is 21.5 Å². The van der Waals surface area contributed by atoms with Crippen molar-refractivity contribution in [2.24, 2.45) is 0 Å². The second-order valence-electron chi connectivity index (χ2n) is 15.2. The highest BCUT2D eigenvalue weighted by Gasteiger charge is 2.20. The van der Waals surface area contributed by atoms with Gasteiger partial charge < -0.3 is 29.1 Å². The molecular formula is C50H46N4O2. The predicted molar refractivity (Wildman–Crippen MR) is 235 cm³/mol. The van der Waals surface area contributed by atoms with Crippen LogP contribution in [0.15, 0.2) is 146 Å². The zero-order chi connectivity index (χ0) is 38.5. The molecule has 0 spiro atoms. The van der Waals surface area contributed by atoms with Gasteiger partial charge in [0.2, 0.25) is 0 Å². The van der Waals surface area contributed by atoms with Gasteiger partial charge in [0.1, 0.15) is 11.5 Å². The standard InChI is InChI=1S/C50H46N4O2/c1-33-29-35(49(55)47(31-33)53-41-19-9-5-15-37(41)38-16-6-10-20-42(38)53)25-27-51(3)45-23-13-14-24-46(45)52(4)28-26-36-30-34(2)32-48(50(36)56)54-43-21-11-7-17-39(43)40-18-8-12-22-44(40)54/h5-24,29-32,55-56H,25-28H2,1-4H3. The topological polar surface area (TPSA) is 56.8 Å². The van der Waals surface area contributed by atoms with Gasteiger partial charge in [0.25, 0.3) is 0 Å². The number of hydrogen-bond acceptors (Lipinski definition) is 4. The van der Waals surface area contributed by atoms with Crippen LogP contribution >= 0.6 is 0 Å². The Morgan fingerprint density at radius 3 is 1.07 bits per heavy atom. The first-order chi connectivity index (χ1) is 27.3. The summed E-state index contributed by atoms with van der Waals surface area (Å²) in [6.45, 7) is 5.64. The molecule has 0 aliphatic rings. The molecule has 6 nitrogen and oxygen atoms in total. The van der Waals surface area contributed by atoms with E-state index >= 15 is 0 Å². The molecule has 7 aromatic carbocycles. The number of rotatable bonds is 10. The maximum absolute atomic E-state index is 11.9. The van der Waals surface area contributed by atoms with Gasteiger partial charge in [0.05, 0.1) is 44.8 Å². The third-order valence-corrected chi connectivity index (χ3v) is 11.4. The summed E-state index contributed by atoms with van der Waals surface area (Å²) in [7, 11) is 4.25. The Bertz CT molecular complexity index is 2610. The van der Waals surface area contributed by atoms with Crippen molar-refractivity contribution in [1.82, 2.24) is 9.13 Å². The molecule has 2 heterocycles. The van der Waals surface area contributed by atoms with Crippen LogP contribution in [-0.2, 0) is 12.8 Å². The van der Waals surface area contributed by atoms with Gasteiger partial charge in [-0.05, 0) is 97.5 Å². The first-order valence-electron chi connectivity index (χ1n) is 19.4. The van der Waals surface area contributed by atoms with Crippen LogP contribution in [0.4, 0.5) is 11.4 Å². The van der Waals surface area contributed by atoms with E-state index in [0.717, 1.165) is 80.2 Å². The summed E-state index contributed by atoms with van der Waals surface area (Å²) in [6.07, 6.45) is 1.35. The van der Waals surface area contributed by atoms with E-state index in [1.807, 2.05) is 0 Å². The summed E-state index contributed by atoms with van der Waals surface area (Å²) in [5.74, 6) is 0.637. The number of nitrogens with zero attached hydrogens (tertiary/aromatic N) is 4. The fourth-order valence-corrected chi connectivity index (χ4v) is 8.68. The van der Waals surface area contributed by atoms with Gasteiger partial charge in [-0.1, -0.05) is 97.1 Å². The molecule has 9 rings (SSSR count). The van der Waals surface area contributed by atoms with E-state index in [0.29, 0.717) is 24.3 Å². The number of benzene rings is 7. The molecular weight excluding hydrogens is 689 g/mol. The average molecular weight is 735 g/mol. The van der Waals surface area contributed by atoms with Crippen LogP contribution in [0.3, 0.4) is 0 Å². The first kappa shape index (κ1) is 35.1. The van der Waals surface area contributed by atoms with Crippen molar-refractivity contribution in [3.8, 4) is 22.9 Å². The van der Waals surface area contributed by atoms with E-state index < -0.39 is 0 Å². The molecule has 2 aromatic heterocycles. The fourth-order valence-electron chi connectivity index (χ4n) is 8.68. The predicted octanol–water partition coefficient (Wildman–Crippen LogP) is 11.3. The quantitative estimate of drug-likeness (QED) is 0.147. The van der Waals surface area contributed by atoms with Crippen LogP contribution in [0.25, 0.3) is 55.0 Å². The van der Waals surface area contributed by atoms with E-state index in [1.54, 1.807) is 0 Å². The van der Waals surface area contributed by atoms with E-state index in [4.69, 9.17) is 0 Å². The number of likely N-dealkylation sites (N-methyl/N-ethyl adjacent to an activating group) is 2. The number of aromatic hydroxyl groups is 2. The van der Waals surface area contributed by atoms with Crippen molar-refractivity contribution in [2.45, 2.75) is 26.7 Å². The molecule has 0 fully saturated rings. The van der Waals surface area contributed by atoms with Gasteiger partial charge in [0, 0.05) is 48.7 Å². The zero-order valence-electron chi connectivity index (χ0n) is 32.4. The van der Waals surface area contributed by atoms with Crippen molar-refractivity contribution in [3.05, 3.63) is 168 Å². The molecule has 0 unspecified atom stereocenters. The second kappa shape index (κ2) is 14.2. The van der Waals surface area contributed by atoms with E-state index in [9.17, 15) is 10.2 Å². The van der Waals surface area contributed by atoms with Crippen LogP contribution in [0, 0.1) is 13.8 Å². The number of fused-ring (bicyclic) bond motifs is 6. The Morgan fingerprint density at radius 2 is 0.732 bits per heavy atom. The van der Waals surface area contributed by atoms with E-state index in [2.05, 4.69) is 192 Å². The van der Waals surface area contributed by atoms with Crippen LogP contribution in [0.5, 0.6) is 11.5 Å². The minimum Gasteiger partial charge on any atom is -0.505 e. The molecule has 0 bridgehead atoms. The van der Waals surface area contributed by atoms with Crippen molar-refractivity contribution in [3.63, 3.8) is 0 Å². The summed E-state index contributed by atoms with van der Waals surface area (Å²) >= 11 is 0. The fraction of sp³-hybridized carbons (Fsp3) is 0.160. The Labute approximate surface area is 327 Å². The Balaban J connectivity index is 0.965. The Kier molecular flexibility index (Phi) is 8.89. The molecule has 56 heavy (non-hydrogen) atoms. The number of phenols is 2. The summed E-state index contributed by atoms with van der Waals surface area (Å²) in [6, 6.07) is 50.5. The number of phenolic OH excluding ortho intramolecular Hbond substituents is 2. The molecule has 2 N–H and O–H groups in total. The Hall–Kier alpha value is -6.66. The third-order valence-electron chi connectivity index (χ3n) is 11.4. The summed E-state index contributed by atoms with van der Waals surface area (Å²) in [5, 5.41) is 28.4. The number of aryl methyl sites for hydroxylation is 2. The lowest BCUT2D eigenvalue weighted by atomic mass is 10.0. The number of anilines is 2. The van der Waals surface area contributed by atoms with Gasteiger partial charge in [-0.25, -0.2) is 0 Å². The Morgan fingerprint density at radius 1 is 0.429 bits per heavy atom. The van der Waals surface area contributed by atoms with Gasteiger partial charge in [-0.15, -0.1) is 0 Å². The lowest BCUT2D eigenvalue weighted by Gasteiger charge is -2.28. The second-order valence-corrected chi connectivity index (χ2v) is 15.2. The minimum atomic E-state index is 0.319. The molecule has 9 aromatic rings. The number of aromatic nitrogens is 2. The van der Waals surface area contributed by atoms with Crippen molar-refractivity contribution < 1.29 is 10.2 Å². The highest BCUT2D eigenvalue weighted by atomic mass is 16.3. The SMILES string of the molecule is Cc1cc(CCN(C)c2ccccc2N(C)CCc2cc(C)cc(-n3c4ccccc4c4ccccc43)c2O)c(O)c(-n2c3ccccc3c3ccccc32)c1. The van der Waals surface area contributed by atoms with E-state index in [-0.39, 0.29) is 0 Å². The molecule has 0 saturated carbocycles. The molecule has 0 saturated heterocycles. The number of hydrogen-bond donors (Lipinski definition) is 2. The first-order valence-corrected chi connectivity index (χ1v) is 19.4. The molecule has 0 aliphatic carbocycles. The third kappa shape index (κ3) is 5.98. The van der Waals surface area contributed by atoms with Crippen molar-refractivity contribution >= 4 is 55.0 Å². The van der Waals surface area contributed by atoms with Crippen LogP contribution in [-0.4, -0.2) is 46.5 Å². The zero-order valence-corrected chi connectivity index (χ0v) is 32.4. The molecule has 0 radical (unpaired) electrons. The minimum absolute atomic E-state index is 0.319. The lowest BCUT2D eigenvalue weighted by molar-refractivity contribution is 0.465. The molecule has 0 aliphatic heterocycles. The average Bonchev–Trinajstić information content (AvgIpc) is 3.74. The summed E-state index contributed by atoms with van der Waals surface area (Å²) in [4.78, 5) is 4.55. The molecule has 0 amide bonds. The van der Waals surface area contributed by atoms with Crippen molar-refractivity contribution in [2.75, 3.05) is 37.0 Å². The van der Waals surface area contributed by atoms with Crippen molar-refractivity contribution in [1.29, 1.82) is 0 Å². The largest absolute Gasteiger partial charge is 0.505 e. The van der Waals surface area contributed by atoms with Gasteiger partial charge in [-0.2, -0.15) is 0 Å². The molecule has 0 atom stereocenters. The lowest BCUT2D eigenvalue weighted by Crippen LogP contribution is -2.26.